The van der Waals surface area contributed by atoms with Crippen LogP contribution in [0, 0.1) is 0 Å². The largest absolute Gasteiger partial charge is 0.497 e. The van der Waals surface area contributed by atoms with E-state index in [9.17, 15) is 4.79 Å². The van der Waals surface area contributed by atoms with Gasteiger partial charge < -0.3 is 20.1 Å². The minimum Gasteiger partial charge on any atom is -0.497 e. The van der Waals surface area contributed by atoms with Crippen LogP contribution in [0.1, 0.15) is 12.0 Å². The van der Waals surface area contributed by atoms with Crippen LogP contribution in [0.3, 0.4) is 0 Å². The molecular weight excluding hydrogens is 232 g/mol. The van der Waals surface area contributed by atoms with Gasteiger partial charge in [-0.25, -0.2) is 0 Å². The Morgan fingerprint density at radius 3 is 2.72 bits per heavy atom. The lowest BCUT2D eigenvalue weighted by Gasteiger charge is -2.18. The van der Waals surface area contributed by atoms with Crippen molar-refractivity contribution in [2.75, 3.05) is 20.8 Å². The molecule has 0 aromatic heterocycles. The second kappa shape index (κ2) is 5.27. The summed E-state index contributed by atoms with van der Waals surface area (Å²) in [6, 6.07) is 5.53. The van der Waals surface area contributed by atoms with E-state index >= 15 is 0 Å². The number of rotatable bonds is 4. The van der Waals surface area contributed by atoms with Gasteiger partial charge in [0.1, 0.15) is 11.5 Å². The second-order valence-electron chi connectivity index (χ2n) is 4.42. The number of methoxy groups -OCH3 is 2. The third-order valence-corrected chi connectivity index (χ3v) is 3.10. The molecular formula is C13H18N2O3. The van der Waals surface area contributed by atoms with E-state index in [0.29, 0.717) is 19.5 Å². The average molecular weight is 250 g/mol. The number of nitrogens with zero attached hydrogens (tertiary/aromatic N) is 1. The Kier molecular flexibility index (Phi) is 3.72. The highest BCUT2D eigenvalue weighted by Crippen LogP contribution is 2.26. The zero-order valence-corrected chi connectivity index (χ0v) is 10.7. The summed E-state index contributed by atoms with van der Waals surface area (Å²) in [5.41, 5.74) is 6.73. The molecule has 5 nitrogen and oxygen atoms in total. The zero-order valence-electron chi connectivity index (χ0n) is 10.7. The minimum atomic E-state index is -0.0539. The predicted octanol–water partition coefficient (Wildman–Crippen LogP) is 0.763. The highest BCUT2D eigenvalue weighted by molar-refractivity contribution is 5.79. The van der Waals surface area contributed by atoms with E-state index in [2.05, 4.69) is 0 Å². The molecule has 1 aromatic carbocycles. The number of hydrogen-bond acceptors (Lipinski definition) is 4. The number of hydrogen-bond donors (Lipinski definition) is 1. The highest BCUT2D eigenvalue weighted by Gasteiger charge is 2.27. The van der Waals surface area contributed by atoms with Crippen molar-refractivity contribution in [1.82, 2.24) is 4.90 Å². The quantitative estimate of drug-likeness (QED) is 0.857. The predicted molar refractivity (Wildman–Crippen MR) is 67.6 cm³/mol. The smallest absolute Gasteiger partial charge is 0.224 e. The fraction of sp³-hybridized carbons (Fsp3) is 0.462. The summed E-state index contributed by atoms with van der Waals surface area (Å²) in [6.07, 6.45) is 0.429. The minimum absolute atomic E-state index is 0.0539. The monoisotopic (exact) mass is 250 g/mol. The molecule has 0 saturated carbocycles. The van der Waals surface area contributed by atoms with Crippen LogP contribution in [0.15, 0.2) is 18.2 Å². The first-order valence-electron chi connectivity index (χ1n) is 5.88. The zero-order chi connectivity index (χ0) is 13.1. The fourth-order valence-corrected chi connectivity index (χ4v) is 2.14. The van der Waals surface area contributed by atoms with Crippen molar-refractivity contribution in [3.63, 3.8) is 0 Å². The van der Waals surface area contributed by atoms with Gasteiger partial charge in [-0.1, -0.05) is 0 Å². The molecule has 1 aromatic rings. The number of carbonyl (C=O) groups is 1. The summed E-state index contributed by atoms with van der Waals surface area (Å²) < 4.78 is 10.5. The standard InChI is InChI=1S/C13H18N2O3/c1-17-11-4-3-9(12(6-11)18-2)7-15-8-10(14)5-13(15)16/h3-4,6,10H,5,7-8,14H2,1-2H3/t10-/m1/s1. The summed E-state index contributed by atoms with van der Waals surface area (Å²) >= 11 is 0. The van der Waals surface area contributed by atoms with Crippen molar-refractivity contribution in [2.45, 2.75) is 19.0 Å². The molecule has 1 amide bonds. The van der Waals surface area contributed by atoms with Gasteiger partial charge in [0.2, 0.25) is 5.91 Å². The molecule has 2 rings (SSSR count). The maximum Gasteiger partial charge on any atom is 0.224 e. The van der Waals surface area contributed by atoms with Crippen LogP contribution in [0.2, 0.25) is 0 Å². The molecule has 98 valence electrons. The van der Waals surface area contributed by atoms with E-state index in [1.54, 1.807) is 19.1 Å². The topological polar surface area (TPSA) is 64.8 Å². The Morgan fingerprint density at radius 2 is 2.17 bits per heavy atom. The van der Waals surface area contributed by atoms with E-state index in [4.69, 9.17) is 15.2 Å². The van der Waals surface area contributed by atoms with Crippen LogP contribution < -0.4 is 15.2 Å². The maximum absolute atomic E-state index is 11.7. The van der Waals surface area contributed by atoms with Crippen LogP contribution in [0.4, 0.5) is 0 Å². The number of nitrogens with two attached hydrogens (primary N) is 1. The number of amides is 1. The average Bonchev–Trinajstić information content (AvgIpc) is 2.68. The SMILES string of the molecule is COc1ccc(CN2C[C@H](N)CC2=O)c(OC)c1. The van der Waals surface area contributed by atoms with Crippen molar-refractivity contribution in [2.24, 2.45) is 5.73 Å². The molecule has 0 bridgehead atoms. The third kappa shape index (κ3) is 2.56. The summed E-state index contributed by atoms with van der Waals surface area (Å²) in [4.78, 5) is 13.5. The summed E-state index contributed by atoms with van der Waals surface area (Å²) in [5.74, 6) is 1.56. The Hall–Kier alpha value is -1.75. The van der Waals surface area contributed by atoms with Crippen LogP contribution in [-0.4, -0.2) is 37.6 Å². The summed E-state index contributed by atoms with van der Waals surface area (Å²) in [6.45, 7) is 1.13. The van der Waals surface area contributed by atoms with Crippen LogP contribution in [0.25, 0.3) is 0 Å². The van der Waals surface area contributed by atoms with Gasteiger partial charge in [0.05, 0.1) is 14.2 Å². The summed E-state index contributed by atoms with van der Waals surface area (Å²) in [7, 11) is 3.22. The van der Waals surface area contributed by atoms with Gasteiger partial charge >= 0.3 is 0 Å². The first kappa shape index (κ1) is 12.7. The third-order valence-electron chi connectivity index (χ3n) is 3.10. The molecule has 1 saturated heterocycles. The number of ether oxygens (including phenoxy) is 2. The molecule has 5 heteroatoms. The van der Waals surface area contributed by atoms with Crippen molar-refractivity contribution in [3.8, 4) is 11.5 Å². The van der Waals surface area contributed by atoms with E-state index in [1.165, 1.54) is 0 Å². The van der Waals surface area contributed by atoms with E-state index in [-0.39, 0.29) is 11.9 Å². The summed E-state index contributed by atoms with van der Waals surface area (Å²) in [5, 5.41) is 0. The van der Waals surface area contributed by atoms with Crippen molar-refractivity contribution in [3.05, 3.63) is 23.8 Å². The van der Waals surface area contributed by atoms with Crippen LogP contribution in [0.5, 0.6) is 11.5 Å². The van der Waals surface area contributed by atoms with E-state index in [1.807, 2.05) is 18.2 Å². The molecule has 1 aliphatic heterocycles. The normalized spacial score (nSPS) is 19.2. The van der Waals surface area contributed by atoms with Crippen LogP contribution >= 0.6 is 0 Å². The van der Waals surface area contributed by atoms with E-state index < -0.39 is 0 Å². The molecule has 0 aliphatic carbocycles. The molecule has 1 heterocycles. The van der Waals surface area contributed by atoms with Crippen molar-refractivity contribution in [1.29, 1.82) is 0 Å². The van der Waals surface area contributed by atoms with E-state index in [0.717, 1.165) is 17.1 Å². The molecule has 2 N–H and O–H groups in total. The number of benzene rings is 1. The molecule has 1 atom stereocenters. The van der Waals surface area contributed by atoms with Crippen molar-refractivity contribution < 1.29 is 14.3 Å². The molecule has 1 aliphatic rings. The van der Waals surface area contributed by atoms with Gasteiger partial charge in [0, 0.05) is 37.2 Å². The first-order chi connectivity index (χ1) is 8.63. The van der Waals surface area contributed by atoms with Gasteiger partial charge in [-0.2, -0.15) is 0 Å². The lowest BCUT2D eigenvalue weighted by molar-refractivity contribution is -0.128. The molecule has 1 fully saturated rings. The van der Waals surface area contributed by atoms with Gasteiger partial charge in [0.15, 0.2) is 0 Å². The van der Waals surface area contributed by atoms with Gasteiger partial charge in [0.25, 0.3) is 0 Å². The van der Waals surface area contributed by atoms with Gasteiger partial charge in [-0.05, 0) is 12.1 Å². The lowest BCUT2D eigenvalue weighted by atomic mass is 10.2. The molecule has 18 heavy (non-hydrogen) atoms. The first-order valence-corrected chi connectivity index (χ1v) is 5.88. The molecule has 0 unspecified atom stereocenters. The Morgan fingerprint density at radius 1 is 1.39 bits per heavy atom. The number of carbonyl (C=O) groups excluding carboxylic acids is 1. The Balaban J connectivity index is 2.16. The molecule has 0 radical (unpaired) electrons. The van der Waals surface area contributed by atoms with Gasteiger partial charge in [-0.3, -0.25) is 4.79 Å². The van der Waals surface area contributed by atoms with Crippen molar-refractivity contribution >= 4 is 5.91 Å². The Bertz CT molecular complexity index is 448. The molecule has 0 spiro atoms. The highest BCUT2D eigenvalue weighted by atomic mass is 16.5. The van der Waals surface area contributed by atoms with Gasteiger partial charge in [-0.15, -0.1) is 0 Å². The fourth-order valence-electron chi connectivity index (χ4n) is 2.14. The lowest BCUT2D eigenvalue weighted by Crippen LogP contribution is -2.27. The maximum atomic E-state index is 11.7. The Labute approximate surface area is 106 Å². The van der Waals surface area contributed by atoms with Crippen LogP contribution in [-0.2, 0) is 11.3 Å². The number of likely N-dealkylation sites (tertiary alicyclic amines) is 1. The second-order valence-corrected chi connectivity index (χ2v) is 4.42.